The van der Waals surface area contributed by atoms with Gasteiger partial charge in [-0.2, -0.15) is 4.98 Å². The number of aromatic carboxylic acids is 1. The maximum Gasteiger partial charge on any atom is 0.346 e. The third-order valence-corrected chi connectivity index (χ3v) is 5.44. The molecule has 0 unspecified atom stereocenters. The molecule has 0 saturated heterocycles. The SMILES string of the molecule is Cc1[nH]c(=O)nc(SCc2sccc2Br)c1C(=O)O. The van der Waals surface area contributed by atoms with E-state index in [1.165, 1.54) is 11.8 Å². The number of aryl methyl sites for hydroxylation is 1. The van der Waals surface area contributed by atoms with E-state index in [1.807, 2.05) is 11.4 Å². The lowest BCUT2D eigenvalue weighted by Gasteiger charge is -2.06. The molecule has 0 fully saturated rings. The molecule has 19 heavy (non-hydrogen) atoms. The van der Waals surface area contributed by atoms with Crippen LogP contribution in [0.4, 0.5) is 0 Å². The fourth-order valence-electron chi connectivity index (χ4n) is 1.48. The van der Waals surface area contributed by atoms with Gasteiger partial charge in [0.15, 0.2) is 0 Å². The third-order valence-electron chi connectivity index (χ3n) is 2.33. The first-order valence-electron chi connectivity index (χ1n) is 5.18. The Labute approximate surface area is 125 Å². The van der Waals surface area contributed by atoms with Crippen LogP contribution >= 0.6 is 39.0 Å². The van der Waals surface area contributed by atoms with Gasteiger partial charge in [-0.25, -0.2) is 9.59 Å². The predicted molar refractivity (Wildman–Crippen MR) is 78.1 cm³/mol. The molecule has 0 atom stereocenters. The van der Waals surface area contributed by atoms with Crippen molar-refractivity contribution in [3.8, 4) is 0 Å². The standard InChI is InChI=1S/C11H9BrN2O3S2/c1-5-8(10(15)16)9(14-11(17)13-5)19-4-7-6(12)2-3-18-7/h2-3H,4H2,1H3,(H,15,16)(H,13,14,17). The summed E-state index contributed by atoms with van der Waals surface area (Å²) in [6.07, 6.45) is 0. The molecule has 0 aliphatic carbocycles. The highest BCUT2D eigenvalue weighted by Crippen LogP contribution is 2.31. The number of hydrogen-bond acceptors (Lipinski definition) is 5. The molecule has 100 valence electrons. The second kappa shape index (κ2) is 5.89. The summed E-state index contributed by atoms with van der Waals surface area (Å²) in [5, 5.41) is 11.4. The lowest BCUT2D eigenvalue weighted by molar-refractivity contribution is 0.0690. The van der Waals surface area contributed by atoms with E-state index >= 15 is 0 Å². The fraction of sp³-hybridized carbons (Fsp3) is 0.182. The van der Waals surface area contributed by atoms with Crippen molar-refractivity contribution in [1.29, 1.82) is 0 Å². The molecule has 8 heteroatoms. The van der Waals surface area contributed by atoms with Gasteiger partial charge in [0.05, 0.1) is 0 Å². The highest BCUT2D eigenvalue weighted by molar-refractivity contribution is 9.10. The molecule has 2 aromatic rings. The Bertz CT molecular complexity index is 681. The summed E-state index contributed by atoms with van der Waals surface area (Å²) in [7, 11) is 0. The average molecular weight is 361 g/mol. The zero-order valence-corrected chi connectivity index (χ0v) is 13.0. The van der Waals surface area contributed by atoms with Crippen molar-refractivity contribution in [3.05, 3.63) is 42.5 Å². The second-order valence-electron chi connectivity index (χ2n) is 3.63. The van der Waals surface area contributed by atoms with Gasteiger partial charge < -0.3 is 10.1 Å². The van der Waals surface area contributed by atoms with Crippen LogP contribution in [0.25, 0.3) is 0 Å². The molecule has 5 nitrogen and oxygen atoms in total. The van der Waals surface area contributed by atoms with E-state index in [9.17, 15) is 9.59 Å². The van der Waals surface area contributed by atoms with Gasteiger partial charge in [0.1, 0.15) is 10.6 Å². The number of H-pyrrole nitrogens is 1. The second-order valence-corrected chi connectivity index (χ2v) is 6.45. The molecule has 0 aliphatic heterocycles. The van der Waals surface area contributed by atoms with Crippen LogP contribution < -0.4 is 5.69 Å². The minimum absolute atomic E-state index is 0.0530. The summed E-state index contributed by atoms with van der Waals surface area (Å²) in [4.78, 5) is 29.7. The Morgan fingerprint density at radius 3 is 2.95 bits per heavy atom. The number of halogens is 1. The molecule has 2 heterocycles. The summed E-state index contributed by atoms with van der Waals surface area (Å²) in [5.41, 5.74) is -0.159. The molecule has 2 N–H and O–H groups in total. The molecule has 0 amide bonds. The van der Waals surface area contributed by atoms with Gasteiger partial charge in [-0.3, -0.25) is 0 Å². The molecular weight excluding hydrogens is 352 g/mol. The predicted octanol–water partition coefficient (Wildman–Crippen LogP) is 2.89. The zero-order valence-electron chi connectivity index (χ0n) is 9.77. The zero-order chi connectivity index (χ0) is 14.0. The number of thioether (sulfide) groups is 1. The van der Waals surface area contributed by atoms with Crippen LogP contribution in [0.1, 0.15) is 20.9 Å². The van der Waals surface area contributed by atoms with Crippen molar-refractivity contribution in [2.75, 3.05) is 0 Å². The number of thiophene rings is 1. The molecule has 0 saturated carbocycles. The van der Waals surface area contributed by atoms with Gasteiger partial charge in [0, 0.05) is 20.8 Å². The molecule has 2 rings (SSSR count). The largest absolute Gasteiger partial charge is 0.478 e. The van der Waals surface area contributed by atoms with E-state index in [0.717, 1.165) is 9.35 Å². The summed E-state index contributed by atoms with van der Waals surface area (Å²) >= 11 is 6.22. The minimum atomic E-state index is -1.09. The maximum absolute atomic E-state index is 11.3. The molecule has 2 aromatic heterocycles. The monoisotopic (exact) mass is 360 g/mol. The number of aromatic amines is 1. The van der Waals surface area contributed by atoms with Crippen LogP contribution in [-0.2, 0) is 5.75 Å². The van der Waals surface area contributed by atoms with Crippen LogP contribution in [-0.4, -0.2) is 21.0 Å². The van der Waals surface area contributed by atoms with Gasteiger partial charge >= 0.3 is 11.7 Å². The van der Waals surface area contributed by atoms with Gasteiger partial charge in [0.2, 0.25) is 0 Å². The van der Waals surface area contributed by atoms with Gasteiger partial charge in [0.25, 0.3) is 0 Å². The van der Waals surface area contributed by atoms with E-state index in [1.54, 1.807) is 18.3 Å². The van der Waals surface area contributed by atoms with Crippen LogP contribution in [0.2, 0.25) is 0 Å². The number of carboxylic acid groups (broad SMARTS) is 1. The van der Waals surface area contributed by atoms with E-state index in [0.29, 0.717) is 11.4 Å². The number of carbonyl (C=O) groups is 1. The summed E-state index contributed by atoms with van der Waals surface area (Å²) in [6, 6.07) is 1.93. The van der Waals surface area contributed by atoms with Crippen LogP contribution in [0.5, 0.6) is 0 Å². The Morgan fingerprint density at radius 1 is 1.63 bits per heavy atom. The quantitative estimate of drug-likeness (QED) is 0.646. The molecule has 0 bridgehead atoms. The van der Waals surface area contributed by atoms with Crippen LogP contribution in [0.3, 0.4) is 0 Å². The van der Waals surface area contributed by atoms with E-state index in [2.05, 4.69) is 25.9 Å². The fourth-order valence-corrected chi connectivity index (χ4v) is 4.34. The first kappa shape index (κ1) is 14.3. The number of aromatic nitrogens is 2. The lowest BCUT2D eigenvalue weighted by atomic mass is 10.2. The highest BCUT2D eigenvalue weighted by Gasteiger charge is 2.17. The number of nitrogens with zero attached hydrogens (tertiary/aromatic N) is 1. The van der Waals surface area contributed by atoms with Gasteiger partial charge in [-0.15, -0.1) is 11.3 Å². The van der Waals surface area contributed by atoms with Gasteiger partial charge in [-0.05, 0) is 34.3 Å². The van der Waals surface area contributed by atoms with Crippen molar-refractivity contribution in [2.45, 2.75) is 17.7 Å². The molecular formula is C11H9BrN2O3S2. The maximum atomic E-state index is 11.3. The number of nitrogens with one attached hydrogen (secondary N) is 1. The Hall–Kier alpha value is -1.12. The van der Waals surface area contributed by atoms with Crippen molar-refractivity contribution in [3.63, 3.8) is 0 Å². The molecule has 0 radical (unpaired) electrons. The van der Waals surface area contributed by atoms with Crippen LogP contribution in [0, 0.1) is 6.92 Å². The Morgan fingerprint density at radius 2 is 2.37 bits per heavy atom. The Kier molecular flexibility index (Phi) is 4.43. The van der Waals surface area contributed by atoms with E-state index < -0.39 is 11.7 Å². The van der Waals surface area contributed by atoms with E-state index in [-0.39, 0.29) is 10.6 Å². The van der Waals surface area contributed by atoms with E-state index in [4.69, 9.17) is 5.11 Å². The number of hydrogen-bond donors (Lipinski definition) is 2. The van der Waals surface area contributed by atoms with Crippen LogP contribution in [0.15, 0.2) is 25.7 Å². The summed E-state index contributed by atoms with van der Waals surface area (Å²) in [6.45, 7) is 1.55. The Balaban J connectivity index is 2.32. The third kappa shape index (κ3) is 3.26. The van der Waals surface area contributed by atoms with Crippen molar-refractivity contribution in [2.24, 2.45) is 0 Å². The van der Waals surface area contributed by atoms with Crippen molar-refractivity contribution in [1.82, 2.24) is 9.97 Å². The summed E-state index contributed by atoms with van der Waals surface area (Å²) < 4.78 is 0.975. The first-order chi connectivity index (χ1) is 8.99. The first-order valence-corrected chi connectivity index (χ1v) is 7.83. The lowest BCUT2D eigenvalue weighted by Crippen LogP contribution is -2.18. The van der Waals surface area contributed by atoms with Gasteiger partial charge in [-0.1, -0.05) is 11.8 Å². The van der Waals surface area contributed by atoms with Crippen molar-refractivity contribution >= 4 is 45.0 Å². The topological polar surface area (TPSA) is 83.0 Å². The smallest absolute Gasteiger partial charge is 0.346 e. The molecule has 0 aromatic carbocycles. The van der Waals surface area contributed by atoms with Crippen molar-refractivity contribution < 1.29 is 9.90 Å². The average Bonchev–Trinajstić information content (AvgIpc) is 2.70. The normalized spacial score (nSPS) is 10.6. The number of rotatable bonds is 4. The highest BCUT2D eigenvalue weighted by atomic mass is 79.9. The molecule has 0 aliphatic rings. The number of carboxylic acids is 1. The minimum Gasteiger partial charge on any atom is -0.478 e. The summed E-state index contributed by atoms with van der Waals surface area (Å²) in [5.74, 6) is -0.525. The molecule has 0 spiro atoms.